The second-order valence-electron chi connectivity index (χ2n) is 6.46. The van der Waals surface area contributed by atoms with E-state index in [2.05, 4.69) is 5.43 Å². The van der Waals surface area contributed by atoms with Crippen LogP contribution in [0.3, 0.4) is 0 Å². The van der Waals surface area contributed by atoms with Gasteiger partial charge < -0.3 is 14.7 Å². The number of aromatic amines is 1. The topological polar surface area (TPSA) is 136 Å². The van der Waals surface area contributed by atoms with Crippen molar-refractivity contribution in [3.05, 3.63) is 82.1 Å². The molecule has 1 atom stereocenters. The third kappa shape index (κ3) is 5.40. The van der Waals surface area contributed by atoms with Gasteiger partial charge in [0, 0.05) is 6.54 Å². The van der Waals surface area contributed by atoms with Crippen LogP contribution in [0, 0.1) is 5.82 Å². The Morgan fingerprint density at radius 3 is 2.47 bits per heavy atom. The van der Waals surface area contributed by atoms with E-state index in [0.717, 1.165) is 11.6 Å². The molecule has 0 radical (unpaired) electrons. The minimum absolute atomic E-state index is 0.0498. The van der Waals surface area contributed by atoms with Crippen LogP contribution in [0.4, 0.5) is 4.39 Å². The number of hydrogen-bond donors (Lipinski definition) is 4. The second-order valence-corrected chi connectivity index (χ2v) is 6.46. The average molecular weight is 415 g/mol. The third-order valence-electron chi connectivity index (χ3n) is 4.17. The molecule has 0 saturated carbocycles. The number of nitrogens with zero attached hydrogens (tertiary/aromatic N) is 1. The van der Waals surface area contributed by atoms with E-state index in [-0.39, 0.29) is 18.1 Å². The van der Waals surface area contributed by atoms with Gasteiger partial charge in [-0.2, -0.15) is 5.16 Å². The Hall–Kier alpha value is -3.76. The molecule has 0 saturated heterocycles. The van der Waals surface area contributed by atoms with E-state index in [1.54, 1.807) is 36.4 Å². The zero-order valence-electron chi connectivity index (χ0n) is 15.5. The van der Waals surface area contributed by atoms with Crippen LogP contribution < -0.4 is 11.0 Å². The number of H-pyrrole nitrogens is 1. The number of carboxylic acids is 1. The maximum absolute atomic E-state index is 13.4. The van der Waals surface area contributed by atoms with Crippen LogP contribution in [0.25, 0.3) is 11.1 Å². The smallest absolute Gasteiger partial charge is 0.333 e. The summed E-state index contributed by atoms with van der Waals surface area (Å²) >= 11 is 0. The van der Waals surface area contributed by atoms with E-state index in [1.165, 1.54) is 17.1 Å². The Morgan fingerprint density at radius 2 is 1.87 bits per heavy atom. The first kappa shape index (κ1) is 21.0. The molecule has 4 N–H and O–H groups in total. The fraction of sp³-hybridized carbons (Fsp3) is 0.150. The number of hydrogen-bond acceptors (Lipinski definition) is 6. The molecular weight excluding hydrogens is 397 g/mol. The van der Waals surface area contributed by atoms with Gasteiger partial charge in [0.05, 0.1) is 12.6 Å². The highest BCUT2D eigenvalue weighted by Gasteiger charge is 2.22. The molecule has 1 aromatic heterocycles. The normalized spacial score (nSPS) is 12.0. The van der Waals surface area contributed by atoms with Gasteiger partial charge in [-0.1, -0.05) is 36.4 Å². The number of carbonyl (C=O) groups excluding carboxylic acids is 1. The molecule has 0 bridgehead atoms. The molecular formula is C20H18FN3O6. The lowest BCUT2D eigenvalue weighted by molar-refractivity contribution is -0.148. The van der Waals surface area contributed by atoms with Crippen molar-refractivity contribution in [3.63, 3.8) is 0 Å². The largest absolute Gasteiger partial charge is 0.479 e. The maximum Gasteiger partial charge on any atom is 0.333 e. The predicted octanol–water partition coefficient (Wildman–Crippen LogP) is 1.37. The number of aromatic nitrogens is 1. The highest BCUT2D eigenvalue weighted by Crippen LogP contribution is 2.21. The standard InChI is InChI=1S/C20H18FN3O6/c21-15-3-1-2-14(8-15)13-6-4-12(5-7-13)10-24(11-16(25)20(28)29)22-19(27)17-9-18(26)23-30-17/h1-9,16,25H,10-11H2,(H,22,27)(H,23,26)(H,28,29). The van der Waals surface area contributed by atoms with Crippen molar-refractivity contribution in [2.75, 3.05) is 6.54 Å². The van der Waals surface area contributed by atoms with Gasteiger partial charge in [-0.05, 0) is 28.8 Å². The Morgan fingerprint density at radius 1 is 1.13 bits per heavy atom. The molecule has 156 valence electrons. The van der Waals surface area contributed by atoms with Crippen LogP contribution >= 0.6 is 0 Å². The summed E-state index contributed by atoms with van der Waals surface area (Å²) < 4.78 is 18.1. The van der Waals surface area contributed by atoms with Crippen LogP contribution in [0.5, 0.6) is 0 Å². The molecule has 1 amide bonds. The molecule has 0 fully saturated rings. The number of rotatable bonds is 8. The summed E-state index contributed by atoms with van der Waals surface area (Å²) in [5, 5.41) is 21.8. The van der Waals surface area contributed by atoms with Crippen molar-refractivity contribution in [1.29, 1.82) is 0 Å². The minimum Gasteiger partial charge on any atom is -0.479 e. The number of nitrogens with one attached hydrogen (secondary N) is 2. The van der Waals surface area contributed by atoms with Crippen molar-refractivity contribution in [2.24, 2.45) is 0 Å². The zero-order chi connectivity index (χ0) is 21.7. The fourth-order valence-electron chi connectivity index (χ4n) is 2.72. The Balaban J connectivity index is 1.75. The van der Waals surface area contributed by atoms with Crippen LogP contribution in [0.15, 0.2) is 63.9 Å². The highest BCUT2D eigenvalue weighted by molar-refractivity contribution is 5.90. The van der Waals surface area contributed by atoms with E-state index in [9.17, 15) is 23.9 Å². The molecule has 0 aliphatic heterocycles. The van der Waals surface area contributed by atoms with Crippen LogP contribution in [-0.4, -0.2) is 44.9 Å². The maximum atomic E-state index is 13.4. The molecule has 1 unspecified atom stereocenters. The Labute approximate surface area is 169 Å². The van der Waals surface area contributed by atoms with E-state index >= 15 is 0 Å². The molecule has 0 spiro atoms. The summed E-state index contributed by atoms with van der Waals surface area (Å²) in [5.41, 5.74) is 3.94. The number of aliphatic carboxylic acids is 1. The SMILES string of the molecule is O=C(NN(Cc1ccc(-c2cccc(F)c2)cc1)CC(O)C(=O)O)c1cc(=O)[nH]o1. The Bertz CT molecular complexity index is 1090. The molecule has 9 nitrogen and oxygen atoms in total. The van der Waals surface area contributed by atoms with Crippen molar-refractivity contribution >= 4 is 11.9 Å². The number of aliphatic hydroxyl groups excluding tert-OH is 1. The van der Waals surface area contributed by atoms with Gasteiger partial charge >= 0.3 is 11.9 Å². The number of amides is 1. The number of carbonyl (C=O) groups is 2. The van der Waals surface area contributed by atoms with Crippen LogP contribution in [0.2, 0.25) is 0 Å². The first-order valence-electron chi connectivity index (χ1n) is 8.82. The van der Waals surface area contributed by atoms with E-state index in [4.69, 9.17) is 9.63 Å². The van der Waals surface area contributed by atoms with E-state index in [1.807, 2.05) is 5.16 Å². The highest BCUT2D eigenvalue weighted by atomic mass is 19.1. The molecule has 1 heterocycles. The first-order chi connectivity index (χ1) is 14.3. The summed E-state index contributed by atoms with van der Waals surface area (Å²) in [6.45, 7) is -0.366. The van der Waals surface area contributed by atoms with Gasteiger partial charge in [-0.3, -0.25) is 15.0 Å². The Kier molecular flexibility index (Phi) is 6.40. The van der Waals surface area contributed by atoms with E-state index < -0.39 is 30.1 Å². The summed E-state index contributed by atoms with van der Waals surface area (Å²) in [5.74, 6) is -2.90. The number of halogens is 1. The number of hydrazine groups is 1. The summed E-state index contributed by atoms with van der Waals surface area (Å²) in [7, 11) is 0. The van der Waals surface area contributed by atoms with Gasteiger partial charge in [0.15, 0.2) is 6.10 Å². The number of benzene rings is 2. The molecule has 10 heteroatoms. The minimum atomic E-state index is -1.75. The van der Waals surface area contributed by atoms with Crippen molar-refractivity contribution in [3.8, 4) is 11.1 Å². The lowest BCUT2D eigenvalue weighted by atomic mass is 10.0. The number of carboxylic acid groups (broad SMARTS) is 1. The van der Waals surface area contributed by atoms with Gasteiger partial charge in [0.2, 0.25) is 5.76 Å². The van der Waals surface area contributed by atoms with Crippen molar-refractivity contribution in [1.82, 2.24) is 15.6 Å². The molecule has 3 rings (SSSR count). The van der Waals surface area contributed by atoms with Crippen molar-refractivity contribution < 1.29 is 28.7 Å². The molecule has 0 aliphatic carbocycles. The molecule has 30 heavy (non-hydrogen) atoms. The quantitative estimate of drug-likeness (QED) is 0.408. The summed E-state index contributed by atoms with van der Waals surface area (Å²) in [4.78, 5) is 34.3. The van der Waals surface area contributed by atoms with Gasteiger partial charge in [-0.25, -0.2) is 14.2 Å². The average Bonchev–Trinajstić information content (AvgIpc) is 3.15. The lowest BCUT2D eigenvalue weighted by Gasteiger charge is -2.24. The summed E-state index contributed by atoms with van der Waals surface area (Å²) in [6.07, 6.45) is -1.75. The van der Waals surface area contributed by atoms with Gasteiger partial charge in [0.1, 0.15) is 5.82 Å². The predicted molar refractivity (Wildman–Crippen MR) is 103 cm³/mol. The van der Waals surface area contributed by atoms with E-state index in [0.29, 0.717) is 11.1 Å². The molecule has 0 aliphatic rings. The van der Waals surface area contributed by atoms with Crippen LogP contribution in [0.1, 0.15) is 16.1 Å². The third-order valence-corrected chi connectivity index (χ3v) is 4.17. The fourth-order valence-corrected chi connectivity index (χ4v) is 2.72. The molecule has 3 aromatic rings. The lowest BCUT2D eigenvalue weighted by Crippen LogP contribution is -2.47. The van der Waals surface area contributed by atoms with Crippen LogP contribution in [-0.2, 0) is 11.3 Å². The second kappa shape index (κ2) is 9.16. The van der Waals surface area contributed by atoms with Crippen molar-refractivity contribution in [2.45, 2.75) is 12.6 Å². The monoisotopic (exact) mass is 415 g/mol. The first-order valence-corrected chi connectivity index (χ1v) is 8.82. The van der Waals surface area contributed by atoms with Gasteiger partial charge in [-0.15, -0.1) is 0 Å². The number of aliphatic hydroxyl groups is 1. The molecule has 2 aromatic carbocycles. The van der Waals surface area contributed by atoms with Gasteiger partial charge in [0.25, 0.3) is 5.56 Å². The zero-order valence-corrected chi connectivity index (χ0v) is 15.5. The summed E-state index contributed by atoms with van der Waals surface area (Å²) in [6, 6.07) is 14.0.